The average Bonchev–Trinajstić information content (AvgIpc) is 2.87. The molecule has 0 radical (unpaired) electrons. The van der Waals surface area contributed by atoms with Crippen molar-refractivity contribution in [3.63, 3.8) is 0 Å². The maximum atomic E-state index is 12.1. The SMILES string of the molecule is CN=Nn1c(=O)c(C)cn([C@H]2CC[C@@H](CO)O2)c1=O. The molecule has 2 heterocycles. The van der Waals surface area contributed by atoms with Gasteiger partial charge < -0.3 is 9.84 Å². The minimum absolute atomic E-state index is 0.0848. The zero-order valence-electron chi connectivity index (χ0n) is 10.8. The molecule has 8 heteroatoms. The van der Waals surface area contributed by atoms with E-state index in [4.69, 9.17) is 9.84 Å². The Hall–Kier alpha value is -1.80. The molecule has 104 valence electrons. The molecule has 0 amide bonds. The van der Waals surface area contributed by atoms with Crippen molar-refractivity contribution < 1.29 is 9.84 Å². The van der Waals surface area contributed by atoms with Crippen LogP contribution in [-0.4, -0.2) is 34.1 Å². The van der Waals surface area contributed by atoms with Crippen LogP contribution in [0.25, 0.3) is 0 Å². The van der Waals surface area contributed by atoms with Gasteiger partial charge in [0, 0.05) is 11.8 Å². The highest BCUT2D eigenvalue weighted by atomic mass is 16.5. The van der Waals surface area contributed by atoms with Crippen LogP contribution in [0.5, 0.6) is 0 Å². The second-order valence-electron chi connectivity index (χ2n) is 4.38. The lowest BCUT2D eigenvalue weighted by Gasteiger charge is -2.16. The molecule has 2 rings (SSSR count). The summed E-state index contributed by atoms with van der Waals surface area (Å²) >= 11 is 0. The van der Waals surface area contributed by atoms with E-state index in [1.165, 1.54) is 17.8 Å². The normalized spacial score (nSPS) is 23.3. The Morgan fingerprint density at radius 1 is 1.47 bits per heavy atom. The van der Waals surface area contributed by atoms with Crippen LogP contribution in [0.2, 0.25) is 0 Å². The lowest BCUT2D eigenvalue weighted by atomic mass is 10.2. The zero-order chi connectivity index (χ0) is 14.0. The molecule has 0 aromatic carbocycles. The van der Waals surface area contributed by atoms with E-state index in [0.717, 1.165) is 0 Å². The largest absolute Gasteiger partial charge is 0.394 e. The van der Waals surface area contributed by atoms with Crippen molar-refractivity contribution in [2.75, 3.05) is 13.7 Å². The van der Waals surface area contributed by atoms with Gasteiger partial charge in [-0.05, 0) is 19.8 Å². The third kappa shape index (κ3) is 2.49. The summed E-state index contributed by atoms with van der Waals surface area (Å²) in [6.45, 7) is 1.51. The van der Waals surface area contributed by atoms with Gasteiger partial charge in [-0.1, -0.05) is 5.22 Å². The lowest BCUT2D eigenvalue weighted by molar-refractivity contribution is -0.0252. The second-order valence-corrected chi connectivity index (χ2v) is 4.38. The fourth-order valence-corrected chi connectivity index (χ4v) is 2.08. The summed E-state index contributed by atoms with van der Waals surface area (Å²) in [6, 6.07) is 0. The van der Waals surface area contributed by atoms with E-state index >= 15 is 0 Å². The summed E-state index contributed by atoms with van der Waals surface area (Å²) in [5, 5.41) is 16.0. The second kappa shape index (κ2) is 5.45. The molecular formula is C11H16N4O4. The van der Waals surface area contributed by atoms with Crippen LogP contribution in [-0.2, 0) is 4.74 Å². The van der Waals surface area contributed by atoms with E-state index in [-0.39, 0.29) is 12.7 Å². The lowest BCUT2D eigenvalue weighted by Crippen LogP contribution is -2.40. The summed E-state index contributed by atoms with van der Waals surface area (Å²) in [7, 11) is 1.38. The van der Waals surface area contributed by atoms with Crippen LogP contribution in [0.1, 0.15) is 24.6 Å². The van der Waals surface area contributed by atoms with Gasteiger partial charge in [0.25, 0.3) is 5.56 Å². The van der Waals surface area contributed by atoms with Crippen molar-refractivity contribution >= 4 is 0 Å². The molecule has 1 saturated heterocycles. The highest BCUT2D eigenvalue weighted by Gasteiger charge is 2.27. The highest BCUT2D eigenvalue weighted by Crippen LogP contribution is 2.26. The Morgan fingerprint density at radius 2 is 2.21 bits per heavy atom. The molecule has 1 N–H and O–H groups in total. The Kier molecular flexibility index (Phi) is 3.91. The van der Waals surface area contributed by atoms with E-state index in [9.17, 15) is 9.59 Å². The van der Waals surface area contributed by atoms with Crippen LogP contribution in [0, 0.1) is 6.92 Å². The fraction of sp³-hybridized carbons (Fsp3) is 0.636. The van der Waals surface area contributed by atoms with Crippen molar-refractivity contribution in [2.45, 2.75) is 32.1 Å². The number of aromatic nitrogens is 2. The minimum Gasteiger partial charge on any atom is -0.394 e. The topological polar surface area (TPSA) is 98.2 Å². The Balaban J connectivity index is 2.48. The van der Waals surface area contributed by atoms with Gasteiger partial charge in [-0.2, -0.15) is 5.11 Å². The van der Waals surface area contributed by atoms with Crippen LogP contribution in [0.15, 0.2) is 26.1 Å². The quantitative estimate of drug-likeness (QED) is 0.770. The summed E-state index contributed by atoms with van der Waals surface area (Å²) in [5.74, 6) is 0. The van der Waals surface area contributed by atoms with Crippen molar-refractivity contribution in [3.05, 3.63) is 32.6 Å². The van der Waals surface area contributed by atoms with Gasteiger partial charge in [-0.25, -0.2) is 4.79 Å². The molecule has 1 aliphatic heterocycles. The summed E-state index contributed by atoms with van der Waals surface area (Å²) < 4.78 is 7.56. The highest BCUT2D eigenvalue weighted by molar-refractivity contribution is 5.03. The molecule has 0 aliphatic carbocycles. The van der Waals surface area contributed by atoms with E-state index in [2.05, 4.69) is 10.3 Å². The number of nitrogens with zero attached hydrogens (tertiary/aromatic N) is 4. The summed E-state index contributed by atoms with van der Waals surface area (Å²) in [6.07, 6.45) is 1.97. The number of hydrogen-bond acceptors (Lipinski definition) is 6. The monoisotopic (exact) mass is 268 g/mol. The third-order valence-electron chi connectivity index (χ3n) is 3.04. The van der Waals surface area contributed by atoms with Crippen molar-refractivity contribution in [1.82, 2.24) is 9.24 Å². The van der Waals surface area contributed by atoms with E-state index in [1.807, 2.05) is 0 Å². The van der Waals surface area contributed by atoms with Gasteiger partial charge >= 0.3 is 5.69 Å². The Labute approximate surface area is 108 Å². The number of aliphatic hydroxyl groups is 1. The number of aryl methyl sites for hydroxylation is 1. The van der Waals surface area contributed by atoms with Gasteiger partial charge in [0.15, 0.2) is 0 Å². The predicted octanol–water partition coefficient (Wildman–Crippen LogP) is -0.167. The van der Waals surface area contributed by atoms with Crippen LogP contribution in [0.4, 0.5) is 0 Å². The molecule has 2 atom stereocenters. The van der Waals surface area contributed by atoms with E-state index in [1.54, 1.807) is 6.92 Å². The first-order valence-electron chi connectivity index (χ1n) is 5.99. The fourth-order valence-electron chi connectivity index (χ4n) is 2.08. The Bertz CT molecular complexity index is 604. The molecule has 1 aliphatic rings. The smallest absolute Gasteiger partial charge is 0.355 e. The number of aliphatic hydroxyl groups excluding tert-OH is 1. The molecule has 0 saturated carbocycles. The molecule has 0 spiro atoms. The van der Waals surface area contributed by atoms with Crippen LogP contribution >= 0.6 is 0 Å². The molecule has 1 aromatic heterocycles. The minimum atomic E-state index is -0.593. The first-order chi connectivity index (χ1) is 9.08. The average molecular weight is 268 g/mol. The van der Waals surface area contributed by atoms with Gasteiger partial charge in [0.2, 0.25) is 0 Å². The molecule has 8 nitrogen and oxygen atoms in total. The molecule has 0 unspecified atom stereocenters. The van der Waals surface area contributed by atoms with E-state index < -0.39 is 17.5 Å². The molecular weight excluding hydrogens is 252 g/mol. The first kappa shape index (κ1) is 13.6. The third-order valence-corrected chi connectivity index (χ3v) is 3.04. The summed E-state index contributed by atoms with van der Waals surface area (Å²) in [5.41, 5.74) is -0.712. The predicted molar refractivity (Wildman–Crippen MR) is 66.1 cm³/mol. The molecule has 1 fully saturated rings. The maximum Gasteiger partial charge on any atom is 0.355 e. The van der Waals surface area contributed by atoms with Gasteiger partial charge in [-0.3, -0.25) is 9.36 Å². The van der Waals surface area contributed by atoms with Gasteiger partial charge in [0.1, 0.15) is 6.23 Å². The van der Waals surface area contributed by atoms with Crippen molar-refractivity contribution in [2.24, 2.45) is 10.3 Å². The number of hydrogen-bond donors (Lipinski definition) is 1. The van der Waals surface area contributed by atoms with Gasteiger partial charge in [0.05, 0.1) is 19.8 Å². The summed E-state index contributed by atoms with van der Waals surface area (Å²) in [4.78, 5) is 23.9. The van der Waals surface area contributed by atoms with Crippen molar-refractivity contribution in [3.8, 4) is 0 Å². The van der Waals surface area contributed by atoms with E-state index in [0.29, 0.717) is 23.1 Å². The first-order valence-corrected chi connectivity index (χ1v) is 5.99. The standard InChI is InChI=1S/C11H16N4O4/c1-7-5-14(9-4-3-8(6-16)19-9)11(18)15(10(7)17)13-12-2/h5,8-9,16H,3-4,6H2,1-2H3/t8-,9+/m0/s1. The molecule has 1 aromatic rings. The van der Waals surface area contributed by atoms with Crippen molar-refractivity contribution in [1.29, 1.82) is 0 Å². The molecule has 19 heavy (non-hydrogen) atoms. The van der Waals surface area contributed by atoms with Gasteiger partial charge in [-0.15, -0.1) is 4.68 Å². The zero-order valence-corrected chi connectivity index (χ0v) is 10.8. The Morgan fingerprint density at radius 3 is 2.79 bits per heavy atom. The number of rotatable bonds is 3. The van der Waals surface area contributed by atoms with Crippen LogP contribution < -0.4 is 11.2 Å². The molecule has 0 bridgehead atoms. The maximum absolute atomic E-state index is 12.1. The number of ether oxygens (including phenoxy) is 1. The van der Waals surface area contributed by atoms with Crippen LogP contribution in [0.3, 0.4) is 0 Å².